The Hall–Kier alpha value is -9.90. The van der Waals surface area contributed by atoms with E-state index in [-0.39, 0.29) is 66.0 Å². The Morgan fingerprint density at radius 2 is 0.811 bits per heavy atom. The highest BCUT2D eigenvalue weighted by Gasteiger charge is 2.50. The van der Waals surface area contributed by atoms with E-state index in [4.69, 9.17) is 57.2 Å². The summed E-state index contributed by atoms with van der Waals surface area (Å²) in [6.45, 7) is 22.7. The normalized spacial score (nSPS) is 17.9. The molecule has 24 heteroatoms. The number of nitrogen functional groups attached to an aromatic ring is 1. The Labute approximate surface area is 622 Å². The van der Waals surface area contributed by atoms with Crippen molar-refractivity contribution in [2.24, 2.45) is 0 Å². The van der Waals surface area contributed by atoms with Crippen LogP contribution in [0.1, 0.15) is 100 Å². The molecule has 106 heavy (non-hydrogen) atoms. The second-order valence-corrected chi connectivity index (χ2v) is 39.0. The maximum Gasteiger partial charge on any atom is 0.263 e. The fourth-order valence-corrected chi connectivity index (χ4v) is 15.7. The Bertz CT molecular complexity index is 4600. The maximum absolute atomic E-state index is 13.0. The summed E-state index contributed by atoms with van der Waals surface area (Å²) in [5.41, 5.74) is 11.9. The van der Waals surface area contributed by atoms with Crippen molar-refractivity contribution in [1.82, 2.24) is 39.0 Å². The number of methoxy groups -OCH3 is 4. The molecular formula is C82H96N10O12Si2. The molecule has 2 fully saturated rings. The Morgan fingerprint density at radius 3 is 1.19 bits per heavy atom. The highest BCUT2D eigenvalue weighted by molar-refractivity contribution is 6.74. The molecule has 554 valence electrons. The van der Waals surface area contributed by atoms with Crippen LogP contribution < -0.4 is 34.7 Å². The number of anilines is 2. The first-order valence-corrected chi connectivity index (χ1v) is 41.4. The monoisotopic (exact) mass is 1470 g/mol. The van der Waals surface area contributed by atoms with Crippen molar-refractivity contribution in [1.29, 1.82) is 0 Å². The average Bonchev–Trinajstić information content (AvgIpc) is 1.39. The largest absolute Gasteiger partial charge is 0.497 e. The third-order valence-electron chi connectivity index (χ3n) is 20.8. The number of para-hydroxylation sites is 1. The van der Waals surface area contributed by atoms with E-state index in [0.29, 0.717) is 46.7 Å². The van der Waals surface area contributed by atoms with Gasteiger partial charge in [0.1, 0.15) is 58.1 Å². The van der Waals surface area contributed by atoms with Crippen molar-refractivity contribution in [3.8, 4) is 28.7 Å². The summed E-state index contributed by atoms with van der Waals surface area (Å²) >= 11 is 0. The average molecular weight is 1470 g/mol. The van der Waals surface area contributed by atoms with Crippen LogP contribution in [-0.2, 0) is 43.8 Å². The molecule has 0 saturated carbocycles. The molecule has 0 bridgehead atoms. The number of imidazole rings is 2. The summed E-state index contributed by atoms with van der Waals surface area (Å²) in [6, 6.07) is 61.6. The SMILES string of the molecule is COc1ccc(C(OC[C@@H]2C[C@@H](O[Si](C)(C)C(C)(C)C)[C@H](n3cnc4c(N)ncnc43)O2)(c2ccccc2)c2ccc(OC)cc2)cc1.COc1ccc(C(OC[C@@H]2C[C@@H](O[Si](C)(C)C(C)(C)C)[C@H](n3cnc4c(NC(=O)COc5ccccc5)ncnc43)O2)(c2ccccc2)c2ccc(OC)cc2)cc1. The van der Waals surface area contributed by atoms with E-state index in [1.54, 1.807) is 53.2 Å². The Kier molecular flexibility index (Phi) is 22.9. The van der Waals surface area contributed by atoms with Crippen molar-refractivity contribution in [2.75, 3.05) is 59.3 Å². The van der Waals surface area contributed by atoms with Crippen LogP contribution in [0.3, 0.4) is 0 Å². The highest BCUT2D eigenvalue weighted by atomic mass is 28.4. The van der Waals surface area contributed by atoms with Gasteiger partial charge in [-0.3, -0.25) is 13.9 Å². The molecule has 3 N–H and O–H groups in total. The molecule has 0 spiro atoms. The Balaban J connectivity index is 0.000000202. The van der Waals surface area contributed by atoms with Gasteiger partial charge in [0.15, 0.2) is 64.1 Å². The van der Waals surface area contributed by atoms with E-state index in [1.807, 2.05) is 137 Å². The number of ether oxygens (including phenoxy) is 9. The first-order chi connectivity index (χ1) is 50.9. The zero-order chi connectivity index (χ0) is 75.0. The number of nitrogens with one attached hydrogen (secondary N) is 1. The van der Waals surface area contributed by atoms with Gasteiger partial charge in [-0.1, -0.05) is 169 Å². The lowest BCUT2D eigenvalue weighted by molar-refractivity contribution is -0.118. The summed E-state index contributed by atoms with van der Waals surface area (Å²) in [5, 5.41) is 2.78. The van der Waals surface area contributed by atoms with Crippen LogP contribution in [0.5, 0.6) is 28.7 Å². The van der Waals surface area contributed by atoms with E-state index in [1.165, 1.54) is 12.7 Å². The lowest BCUT2D eigenvalue weighted by atomic mass is 9.80. The molecule has 2 aliphatic heterocycles. The molecule has 7 aromatic carbocycles. The van der Waals surface area contributed by atoms with Gasteiger partial charge in [-0.2, -0.15) is 0 Å². The fourth-order valence-electron chi connectivity index (χ4n) is 13.1. The highest BCUT2D eigenvalue weighted by Crippen LogP contribution is 2.49. The van der Waals surface area contributed by atoms with Crippen LogP contribution in [0.25, 0.3) is 22.3 Å². The number of hydrogen-bond donors (Lipinski definition) is 2. The third kappa shape index (κ3) is 16.1. The summed E-state index contributed by atoms with van der Waals surface area (Å²) < 4.78 is 74.1. The zero-order valence-corrected chi connectivity index (χ0v) is 64.8. The van der Waals surface area contributed by atoms with E-state index >= 15 is 0 Å². The molecule has 4 aromatic heterocycles. The van der Waals surface area contributed by atoms with Gasteiger partial charge in [-0.25, -0.2) is 29.9 Å². The minimum Gasteiger partial charge on any atom is -0.497 e. The Morgan fingerprint density at radius 1 is 0.462 bits per heavy atom. The van der Waals surface area contributed by atoms with E-state index in [0.717, 1.165) is 56.4 Å². The van der Waals surface area contributed by atoms with Gasteiger partial charge in [0.25, 0.3) is 5.91 Å². The molecular weight excluding hydrogens is 1370 g/mol. The molecule has 11 aromatic rings. The third-order valence-corrected chi connectivity index (χ3v) is 29.8. The quantitative estimate of drug-likeness (QED) is 0.0378. The number of rotatable bonds is 26. The topological polar surface area (TPSA) is 244 Å². The lowest BCUT2D eigenvalue weighted by Crippen LogP contribution is -2.45. The van der Waals surface area contributed by atoms with Crippen molar-refractivity contribution < 1.29 is 56.3 Å². The summed E-state index contributed by atoms with van der Waals surface area (Å²) in [7, 11) is 2.13. The second-order valence-electron chi connectivity index (χ2n) is 29.5. The van der Waals surface area contributed by atoms with Crippen LogP contribution in [0.2, 0.25) is 36.3 Å². The molecule has 2 saturated heterocycles. The van der Waals surface area contributed by atoms with E-state index < -0.39 is 40.3 Å². The standard InChI is InChI=1S/C45H51N5O7Si.C37H45N5O5Si/c1-44(2,3)58(6,7)57-38-26-37(56-43(38)50-30-48-40-41(46-29-47-42(40)50)49-39(51)28-54-36-16-12-9-13-17-36)27-55-45(31-14-10-8-11-15-31,32-18-22-34(52-4)23-19-32)33-20-24-35(53-5)25-21-33;1-36(2,3)48(6,7)47-31-21-30(46-35(31)42-24-41-32-33(38)39-23-40-34(32)42)22-45-37(25-11-9-8-10-12-25,26-13-17-28(43-4)18-14-26)27-15-19-29(44-5)20-16-27/h8-25,29-30,37-38,43H,26-28H2,1-7H3,(H,46,47,49,51);8-20,23-24,30-31,35H,21-22H2,1-7H3,(H2,38,39,40)/t37-,38+,43+;30-,31+,35+/m00/s1. The molecule has 0 unspecified atom stereocenters. The minimum atomic E-state index is -2.31. The van der Waals surface area contributed by atoms with Crippen LogP contribution in [0.4, 0.5) is 11.6 Å². The predicted octanol–water partition coefficient (Wildman–Crippen LogP) is 15.7. The first-order valence-electron chi connectivity index (χ1n) is 35.6. The molecule has 2 aliphatic rings. The molecule has 1 amide bonds. The van der Waals surface area contributed by atoms with Gasteiger partial charge in [0.2, 0.25) is 0 Å². The number of hydrogen-bond acceptors (Lipinski definition) is 19. The summed E-state index contributed by atoms with van der Waals surface area (Å²) in [4.78, 5) is 39.8. The summed E-state index contributed by atoms with van der Waals surface area (Å²) in [6.07, 6.45) is 5.04. The minimum absolute atomic E-state index is 0.000929. The molecule has 13 rings (SSSR count). The summed E-state index contributed by atoms with van der Waals surface area (Å²) in [5.74, 6) is 3.83. The molecule has 22 nitrogen and oxygen atoms in total. The maximum atomic E-state index is 13.0. The van der Waals surface area contributed by atoms with Gasteiger partial charge >= 0.3 is 0 Å². The van der Waals surface area contributed by atoms with Crippen LogP contribution >= 0.6 is 0 Å². The molecule has 6 heterocycles. The van der Waals surface area contributed by atoms with Gasteiger partial charge in [0.05, 0.1) is 78.7 Å². The number of carbonyl (C=O) groups excluding carboxylic acids is 1. The molecule has 0 aliphatic carbocycles. The second kappa shape index (κ2) is 32.0. The van der Waals surface area contributed by atoms with Crippen molar-refractivity contribution in [2.45, 2.75) is 139 Å². The number of carbonyl (C=O) groups is 1. The van der Waals surface area contributed by atoms with Crippen LogP contribution in [-0.4, -0.2) is 134 Å². The van der Waals surface area contributed by atoms with E-state index in [9.17, 15) is 4.79 Å². The zero-order valence-electron chi connectivity index (χ0n) is 62.8. The molecule has 0 radical (unpaired) electrons. The predicted molar refractivity (Wildman–Crippen MR) is 413 cm³/mol. The van der Waals surface area contributed by atoms with Gasteiger partial charge in [-0.05, 0) is 130 Å². The molecule has 6 atom stereocenters. The van der Waals surface area contributed by atoms with Gasteiger partial charge in [0, 0.05) is 12.8 Å². The number of nitrogens with zero attached hydrogens (tertiary/aromatic N) is 8. The number of benzene rings is 7. The van der Waals surface area contributed by atoms with Gasteiger partial charge < -0.3 is 62.5 Å². The number of nitrogens with two attached hydrogens (primary N) is 1. The van der Waals surface area contributed by atoms with Crippen molar-refractivity contribution in [3.63, 3.8) is 0 Å². The number of amides is 1. The smallest absolute Gasteiger partial charge is 0.263 e. The van der Waals surface area contributed by atoms with Crippen molar-refractivity contribution in [3.05, 3.63) is 247 Å². The number of aromatic nitrogens is 8. The fraction of sp³-hybridized carbons (Fsp3) is 0.354. The first kappa shape index (κ1) is 75.8. The number of fused-ring (bicyclic) bond motifs is 2. The van der Waals surface area contributed by atoms with Gasteiger partial charge in [-0.15, -0.1) is 0 Å². The van der Waals surface area contributed by atoms with Crippen molar-refractivity contribution >= 4 is 56.5 Å². The van der Waals surface area contributed by atoms with Crippen LogP contribution in [0, 0.1) is 0 Å². The lowest BCUT2D eigenvalue weighted by Gasteiger charge is -2.39. The van der Waals surface area contributed by atoms with Crippen LogP contribution in [0.15, 0.2) is 213 Å². The van der Waals surface area contributed by atoms with E-state index in [2.05, 4.69) is 151 Å².